The van der Waals surface area contributed by atoms with E-state index in [4.69, 9.17) is 15.2 Å². The number of carbonyl (C=O) groups is 1. The van der Waals surface area contributed by atoms with Crippen molar-refractivity contribution in [2.24, 2.45) is 35.3 Å². The molecule has 2 bridgehead atoms. The molecule has 4 aliphatic rings. The second-order valence-electron chi connectivity index (χ2n) is 14.4. The minimum Gasteiger partial charge on any atom is -0.493 e. The van der Waals surface area contributed by atoms with Gasteiger partial charge in [0.1, 0.15) is 17.5 Å². The van der Waals surface area contributed by atoms with Crippen LogP contribution in [0, 0.1) is 29.6 Å². The highest BCUT2D eigenvalue weighted by Gasteiger charge is 2.55. The van der Waals surface area contributed by atoms with E-state index in [0.717, 1.165) is 64.2 Å². The molecule has 5 atom stereocenters. The second kappa shape index (κ2) is 14.9. The molecule has 4 aliphatic carbocycles. The smallest absolute Gasteiger partial charge is 0.296 e. The van der Waals surface area contributed by atoms with E-state index in [1.165, 1.54) is 62.1 Å². The summed E-state index contributed by atoms with van der Waals surface area (Å²) in [5.74, 6) is -3.86. The Hall–Kier alpha value is -2.56. The Balaban J connectivity index is 1.23. The third-order valence-electron chi connectivity index (χ3n) is 11.3. The first-order chi connectivity index (χ1) is 22.7. The Morgan fingerprint density at radius 3 is 2.11 bits per heavy atom. The van der Waals surface area contributed by atoms with Crippen molar-refractivity contribution in [1.82, 2.24) is 4.72 Å². The van der Waals surface area contributed by atoms with Gasteiger partial charge in [-0.15, -0.1) is 0 Å². The van der Waals surface area contributed by atoms with Crippen LogP contribution in [0.5, 0.6) is 11.5 Å². The normalized spacial score (nSPS) is 26.5. The molecule has 2 aromatic rings. The molecule has 0 radical (unpaired) electrons. The van der Waals surface area contributed by atoms with Crippen LogP contribution in [0.2, 0.25) is 0 Å². The molecule has 47 heavy (non-hydrogen) atoms. The molecular weight excluding hydrogens is 622 g/mol. The zero-order valence-corrected chi connectivity index (χ0v) is 28.1. The summed E-state index contributed by atoms with van der Waals surface area (Å²) in [4.78, 5) is 14.1. The van der Waals surface area contributed by atoms with Crippen LogP contribution in [0.15, 0.2) is 53.4 Å². The zero-order chi connectivity index (χ0) is 33.0. The van der Waals surface area contributed by atoms with E-state index in [-0.39, 0.29) is 28.8 Å². The van der Waals surface area contributed by atoms with Crippen molar-refractivity contribution in [1.29, 1.82) is 0 Å². The highest BCUT2D eigenvalue weighted by molar-refractivity contribution is 7.89. The molecule has 258 valence electrons. The van der Waals surface area contributed by atoms with E-state index >= 15 is 8.78 Å². The summed E-state index contributed by atoms with van der Waals surface area (Å²) >= 11 is 0. The number of fused-ring (bicyclic) bond motifs is 2. The molecule has 6 rings (SSSR count). The van der Waals surface area contributed by atoms with Gasteiger partial charge in [0, 0.05) is 11.5 Å². The van der Waals surface area contributed by atoms with Crippen LogP contribution in [0.25, 0.3) is 0 Å². The van der Waals surface area contributed by atoms with Gasteiger partial charge in [-0.1, -0.05) is 25.7 Å². The molecular formula is C37H50F2N2O5S. The average molecular weight is 673 g/mol. The van der Waals surface area contributed by atoms with Crippen molar-refractivity contribution in [2.45, 2.75) is 113 Å². The van der Waals surface area contributed by atoms with E-state index in [2.05, 4.69) is 4.72 Å². The van der Waals surface area contributed by atoms with Gasteiger partial charge in [0.15, 0.2) is 5.78 Å². The summed E-state index contributed by atoms with van der Waals surface area (Å²) in [5, 5.41) is 0. The lowest BCUT2D eigenvalue weighted by atomic mass is 9.68. The molecule has 2 aromatic carbocycles. The van der Waals surface area contributed by atoms with E-state index in [0.29, 0.717) is 30.6 Å². The van der Waals surface area contributed by atoms with Crippen molar-refractivity contribution in [2.75, 3.05) is 13.2 Å². The monoisotopic (exact) mass is 672 g/mol. The Bertz CT molecular complexity index is 1440. The van der Waals surface area contributed by atoms with E-state index in [1.54, 1.807) is 12.1 Å². The fourth-order valence-electron chi connectivity index (χ4n) is 8.65. The third-order valence-corrected chi connectivity index (χ3v) is 12.8. The number of sulfonamides is 1. The third kappa shape index (κ3) is 7.86. The SMILES string of the molecule is NCC1CCC2CCC1C2C(=O)C(NS(=O)(=O)c1ccc(OCC2CCCCC2)cc1)C(F)(F)c1ccc(OC2CCCCC2)cc1. The molecule has 0 heterocycles. The summed E-state index contributed by atoms with van der Waals surface area (Å²) in [5.41, 5.74) is 5.61. The standard InChI is InChI=1S/C37H50F2N2O5S/c38-37(39,28-14-16-31(17-15-28)46-30-9-5-2-6-10-30)36(35(42)34-26-11-12-27(23-40)33(34)22-13-26)41-47(43,44)32-20-18-29(19-21-32)45-24-25-7-3-1-4-8-25/h14-21,25-27,30,33-34,36,41H,1-13,22-24,40H2. The van der Waals surface area contributed by atoms with Gasteiger partial charge in [-0.05, 0) is 143 Å². The number of ketones is 1. The predicted octanol–water partition coefficient (Wildman–Crippen LogP) is 7.38. The number of halogens is 2. The number of hydrogen-bond acceptors (Lipinski definition) is 6. The lowest BCUT2D eigenvalue weighted by molar-refractivity contribution is -0.140. The van der Waals surface area contributed by atoms with Gasteiger partial charge in [-0.2, -0.15) is 13.5 Å². The number of nitrogens with one attached hydrogen (secondary N) is 1. The first kappa shape index (κ1) is 34.3. The maximum Gasteiger partial charge on any atom is 0.296 e. The van der Waals surface area contributed by atoms with Crippen LogP contribution < -0.4 is 19.9 Å². The summed E-state index contributed by atoms with van der Waals surface area (Å²) in [6.45, 7) is 0.941. The molecule has 4 saturated carbocycles. The van der Waals surface area contributed by atoms with Gasteiger partial charge in [0.25, 0.3) is 5.92 Å². The predicted molar refractivity (Wildman–Crippen MR) is 177 cm³/mol. The average Bonchev–Trinajstić information content (AvgIpc) is 3.40. The Morgan fingerprint density at radius 2 is 1.45 bits per heavy atom. The number of benzene rings is 2. The van der Waals surface area contributed by atoms with Crippen molar-refractivity contribution in [3.63, 3.8) is 0 Å². The van der Waals surface area contributed by atoms with E-state index in [9.17, 15) is 13.2 Å². The van der Waals surface area contributed by atoms with Gasteiger partial charge < -0.3 is 15.2 Å². The highest BCUT2D eigenvalue weighted by atomic mass is 32.2. The Morgan fingerprint density at radius 1 is 0.830 bits per heavy atom. The highest BCUT2D eigenvalue weighted by Crippen LogP contribution is 2.51. The zero-order valence-electron chi connectivity index (χ0n) is 27.3. The van der Waals surface area contributed by atoms with E-state index < -0.39 is 39.3 Å². The van der Waals surface area contributed by atoms with Crippen LogP contribution in [-0.2, 0) is 20.7 Å². The molecule has 0 aliphatic heterocycles. The first-order valence-electron chi connectivity index (χ1n) is 17.8. The topological polar surface area (TPSA) is 108 Å². The lowest BCUT2D eigenvalue weighted by Gasteiger charge is -2.38. The van der Waals surface area contributed by atoms with Crippen LogP contribution in [0.4, 0.5) is 8.78 Å². The van der Waals surface area contributed by atoms with Crippen molar-refractivity contribution in [3.8, 4) is 11.5 Å². The molecule has 0 saturated heterocycles. The van der Waals surface area contributed by atoms with E-state index in [1.807, 2.05) is 0 Å². The summed E-state index contributed by atoms with van der Waals surface area (Å²) < 4.78 is 74.9. The Labute approximate surface area is 278 Å². The van der Waals surface area contributed by atoms with Gasteiger partial charge in [-0.25, -0.2) is 8.42 Å². The molecule has 0 aromatic heterocycles. The molecule has 0 spiro atoms. The number of alkyl halides is 2. The first-order valence-corrected chi connectivity index (χ1v) is 19.3. The van der Waals surface area contributed by atoms with Gasteiger partial charge in [0.05, 0.1) is 17.6 Å². The van der Waals surface area contributed by atoms with Crippen molar-refractivity contribution in [3.05, 3.63) is 54.1 Å². The molecule has 0 amide bonds. The van der Waals surface area contributed by atoms with Crippen molar-refractivity contribution < 1.29 is 31.5 Å². The number of carbonyl (C=O) groups excluding carboxylic acids is 1. The quantitative estimate of drug-likeness (QED) is 0.230. The number of hydrogen-bond donors (Lipinski definition) is 2. The number of nitrogens with two attached hydrogens (primary N) is 1. The summed E-state index contributed by atoms with van der Waals surface area (Å²) in [6, 6.07) is 9.02. The molecule has 10 heteroatoms. The summed E-state index contributed by atoms with van der Waals surface area (Å²) in [6.07, 6.45) is 14.2. The minimum absolute atomic E-state index is 0.0510. The maximum atomic E-state index is 16.6. The van der Waals surface area contributed by atoms with Gasteiger partial charge in [-0.3, -0.25) is 4.79 Å². The number of Topliss-reactive ketones (excluding diaryl/α,β-unsaturated/α-hetero) is 1. The van der Waals surface area contributed by atoms with Crippen LogP contribution in [0.3, 0.4) is 0 Å². The fraction of sp³-hybridized carbons (Fsp3) is 0.649. The maximum absolute atomic E-state index is 16.6. The molecule has 3 N–H and O–H groups in total. The lowest BCUT2D eigenvalue weighted by Crippen LogP contribution is -2.55. The largest absolute Gasteiger partial charge is 0.493 e. The van der Waals surface area contributed by atoms with Crippen molar-refractivity contribution >= 4 is 15.8 Å². The fourth-order valence-corrected chi connectivity index (χ4v) is 9.86. The summed E-state index contributed by atoms with van der Waals surface area (Å²) in [7, 11) is -4.50. The molecule has 4 fully saturated rings. The minimum atomic E-state index is -4.50. The number of ether oxygens (including phenoxy) is 2. The Kier molecular flexibility index (Phi) is 10.9. The van der Waals surface area contributed by atoms with Crippen LogP contribution in [-0.4, -0.2) is 39.5 Å². The van der Waals surface area contributed by atoms with Gasteiger partial charge in [0.2, 0.25) is 10.0 Å². The van der Waals surface area contributed by atoms with Crippen LogP contribution >= 0.6 is 0 Å². The van der Waals surface area contributed by atoms with Gasteiger partial charge >= 0.3 is 0 Å². The van der Waals surface area contributed by atoms with Crippen LogP contribution in [0.1, 0.15) is 95.5 Å². The second-order valence-corrected chi connectivity index (χ2v) is 16.1. The molecule has 5 unspecified atom stereocenters. The molecule has 7 nitrogen and oxygen atoms in total. The number of rotatable bonds is 13.